The van der Waals surface area contributed by atoms with E-state index in [0.29, 0.717) is 29.8 Å². The van der Waals surface area contributed by atoms with Crippen LogP contribution in [0, 0.1) is 0 Å². The Kier molecular flexibility index (Phi) is 6.30. The van der Waals surface area contributed by atoms with Crippen LogP contribution in [-0.4, -0.2) is 41.4 Å². The number of hydrogen-bond acceptors (Lipinski definition) is 6. The van der Waals surface area contributed by atoms with Gasteiger partial charge in [0.1, 0.15) is 17.2 Å². The number of nitrogens with one attached hydrogen (secondary N) is 1. The summed E-state index contributed by atoms with van der Waals surface area (Å²) in [4.78, 5) is 28.2. The van der Waals surface area contributed by atoms with Gasteiger partial charge < -0.3 is 18.8 Å². The lowest BCUT2D eigenvalue weighted by Crippen LogP contribution is -2.29. The number of anilines is 1. The maximum absolute atomic E-state index is 12.2. The largest absolute Gasteiger partial charge is 0.494 e. The zero-order chi connectivity index (χ0) is 20.2. The molecular formula is C19H27N3O5. The summed E-state index contributed by atoms with van der Waals surface area (Å²) >= 11 is 0. The molecule has 2 aromatic rings. The van der Waals surface area contributed by atoms with Gasteiger partial charge in [0, 0.05) is 19.5 Å². The van der Waals surface area contributed by atoms with Crippen LogP contribution < -0.4 is 10.1 Å². The second-order valence-corrected chi connectivity index (χ2v) is 6.83. The first-order valence-corrected chi connectivity index (χ1v) is 8.81. The van der Waals surface area contributed by atoms with Crippen molar-refractivity contribution in [3.8, 4) is 5.75 Å². The Morgan fingerprint density at radius 3 is 2.56 bits per heavy atom. The molecule has 27 heavy (non-hydrogen) atoms. The summed E-state index contributed by atoms with van der Waals surface area (Å²) in [5, 5.41) is 2.74. The summed E-state index contributed by atoms with van der Waals surface area (Å²) in [6.07, 6.45) is 0.846. The minimum absolute atomic E-state index is 0.244. The number of hydrogen-bond donors (Lipinski definition) is 1. The number of nitrogens with zero attached hydrogens (tertiary/aromatic N) is 2. The van der Waals surface area contributed by atoms with Crippen LogP contribution in [0.5, 0.6) is 5.75 Å². The second kappa shape index (κ2) is 8.28. The third-order valence-corrected chi connectivity index (χ3v) is 4.53. The number of amides is 1. The molecule has 148 valence electrons. The highest BCUT2D eigenvalue weighted by atomic mass is 16.6. The SMILES string of the molecule is CCC(C)(C)OC(=O)Nc1cc2c(cc1OC)nc(CCC(=O)OC)n2C. The molecule has 8 heteroatoms. The van der Waals surface area contributed by atoms with Gasteiger partial charge in [-0.1, -0.05) is 6.92 Å². The maximum Gasteiger partial charge on any atom is 0.412 e. The molecule has 0 unspecified atom stereocenters. The number of ether oxygens (including phenoxy) is 3. The molecule has 0 spiro atoms. The van der Waals surface area contributed by atoms with Crippen LogP contribution in [0.3, 0.4) is 0 Å². The molecule has 1 N–H and O–H groups in total. The monoisotopic (exact) mass is 377 g/mol. The smallest absolute Gasteiger partial charge is 0.412 e. The molecule has 8 nitrogen and oxygen atoms in total. The molecule has 0 aliphatic carbocycles. The van der Waals surface area contributed by atoms with Crippen LogP contribution in [-0.2, 0) is 27.7 Å². The van der Waals surface area contributed by atoms with E-state index in [1.54, 1.807) is 12.1 Å². The summed E-state index contributed by atoms with van der Waals surface area (Å²) in [7, 11) is 4.74. The van der Waals surface area contributed by atoms with Crippen LogP contribution in [0.2, 0.25) is 0 Å². The Labute approximate surface area is 158 Å². The van der Waals surface area contributed by atoms with Gasteiger partial charge >= 0.3 is 12.1 Å². The Bertz CT molecular complexity index is 841. The number of carbonyl (C=O) groups excluding carboxylic acids is 2. The first-order chi connectivity index (χ1) is 12.7. The molecule has 0 bridgehead atoms. The molecule has 0 radical (unpaired) electrons. The number of fused-ring (bicyclic) bond motifs is 1. The highest BCUT2D eigenvalue weighted by molar-refractivity contribution is 5.92. The fourth-order valence-corrected chi connectivity index (χ4v) is 2.53. The molecule has 0 saturated carbocycles. The lowest BCUT2D eigenvalue weighted by molar-refractivity contribution is -0.140. The van der Waals surface area contributed by atoms with E-state index in [-0.39, 0.29) is 12.4 Å². The van der Waals surface area contributed by atoms with Crippen molar-refractivity contribution in [2.45, 2.75) is 45.6 Å². The lowest BCUT2D eigenvalue weighted by Gasteiger charge is -2.23. The van der Waals surface area contributed by atoms with Gasteiger partial charge in [-0.2, -0.15) is 0 Å². The number of esters is 1. The van der Waals surface area contributed by atoms with Crippen molar-refractivity contribution in [2.75, 3.05) is 19.5 Å². The topological polar surface area (TPSA) is 91.7 Å². The quantitative estimate of drug-likeness (QED) is 0.743. The van der Waals surface area contributed by atoms with E-state index in [9.17, 15) is 9.59 Å². The van der Waals surface area contributed by atoms with Gasteiger partial charge in [0.05, 0.1) is 37.4 Å². The van der Waals surface area contributed by atoms with Gasteiger partial charge in [0.15, 0.2) is 0 Å². The zero-order valence-electron chi connectivity index (χ0n) is 16.7. The van der Waals surface area contributed by atoms with E-state index in [0.717, 1.165) is 11.3 Å². The molecule has 0 saturated heterocycles. The first-order valence-electron chi connectivity index (χ1n) is 8.81. The van der Waals surface area contributed by atoms with Gasteiger partial charge in [0.2, 0.25) is 0 Å². The number of aryl methyl sites for hydroxylation is 2. The van der Waals surface area contributed by atoms with E-state index in [1.807, 2.05) is 32.4 Å². The number of benzene rings is 1. The van der Waals surface area contributed by atoms with Crippen molar-refractivity contribution in [2.24, 2.45) is 7.05 Å². The third kappa shape index (κ3) is 4.90. The van der Waals surface area contributed by atoms with Gasteiger partial charge in [-0.3, -0.25) is 10.1 Å². The molecule has 1 amide bonds. The molecule has 1 aromatic heterocycles. The molecule has 0 aliphatic rings. The van der Waals surface area contributed by atoms with Crippen LogP contribution in [0.1, 0.15) is 39.4 Å². The Hall–Kier alpha value is -2.77. The highest BCUT2D eigenvalue weighted by Gasteiger charge is 2.22. The summed E-state index contributed by atoms with van der Waals surface area (Å²) in [6, 6.07) is 3.53. The average Bonchev–Trinajstić information content (AvgIpc) is 2.93. The van der Waals surface area contributed by atoms with Gasteiger partial charge in [-0.15, -0.1) is 0 Å². The molecule has 2 rings (SSSR count). The standard InChI is InChI=1S/C19H27N3O5/c1-7-19(2,3)27-18(24)21-13-10-14-12(11-15(13)25-5)20-16(22(14)4)8-9-17(23)26-6/h10-11H,7-9H2,1-6H3,(H,21,24). The fourth-order valence-electron chi connectivity index (χ4n) is 2.53. The van der Waals surface area contributed by atoms with Crippen LogP contribution in [0.15, 0.2) is 12.1 Å². The number of aromatic nitrogens is 2. The third-order valence-electron chi connectivity index (χ3n) is 4.53. The number of methoxy groups -OCH3 is 2. The molecule has 1 aromatic carbocycles. The second-order valence-electron chi connectivity index (χ2n) is 6.83. The summed E-state index contributed by atoms with van der Waals surface area (Å²) < 4.78 is 17.4. The Balaban J connectivity index is 2.30. The van der Waals surface area contributed by atoms with Crippen molar-refractivity contribution in [3.05, 3.63) is 18.0 Å². The van der Waals surface area contributed by atoms with E-state index < -0.39 is 11.7 Å². The molecule has 0 fully saturated rings. The predicted molar refractivity (Wildman–Crippen MR) is 102 cm³/mol. The molecule has 0 atom stereocenters. The van der Waals surface area contributed by atoms with Crippen LogP contribution in [0.25, 0.3) is 11.0 Å². The van der Waals surface area contributed by atoms with Crippen LogP contribution >= 0.6 is 0 Å². The van der Waals surface area contributed by atoms with Gasteiger partial charge in [-0.25, -0.2) is 9.78 Å². The normalized spacial score (nSPS) is 11.3. The van der Waals surface area contributed by atoms with Crippen molar-refractivity contribution in [1.29, 1.82) is 0 Å². The van der Waals surface area contributed by atoms with E-state index in [2.05, 4.69) is 15.0 Å². The lowest BCUT2D eigenvalue weighted by atomic mass is 10.1. The van der Waals surface area contributed by atoms with E-state index >= 15 is 0 Å². The summed E-state index contributed by atoms with van der Waals surface area (Å²) in [5.74, 6) is 0.930. The van der Waals surface area contributed by atoms with Crippen molar-refractivity contribution < 1.29 is 23.8 Å². The average molecular weight is 377 g/mol. The minimum Gasteiger partial charge on any atom is -0.494 e. The summed E-state index contributed by atoms with van der Waals surface area (Å²) in [5.41, 5.74) is 1.45. The number of rotatable bonds is 7. The van der Waals surface area contributed by atoms with Crippen molar-refractivity contribution in [3.63, 3.8) is 0 Å². The Morgan fingerprint density at radius 1 is 1.26 bits per heavy atom. The van der Waals surface area contributed by atoms with Gasteiger partial charge in [0.25, 0.3) is 0 Å². The minimum atomic E-state index is -0.561. The van der Waals surface area contributed by atoms with E-state index in [1.165, 1.54) is 14.2 Å². The molecule has 0 aliphatic heterocycles. The Morgan fingerprint density at radius 2 is 1.96 bits per heavy atom. The van der Waals surface area contributed by atoms with Gasteiger partial charge in [-0.05, 0) is 26.3 Å². The van der Waals surface area contributed by atoms with Crippen molar-refractivity contribution >= 4 is 28.8 Å². The van der Waals surface area contributed by atoms with Crippen LogP contribution in [0.4, 0.5) is 10.5 Å². The summed E-state index contributed by atoms with van der Waals surface area (Å²) in [6.45, 7) is 5.65. The molecule has 1 heterocycles. The number of carbonyl (C=O) groups is 2. The first kappa shape index (κ1) is 20.5. The zero-order valence-corrected chi connectivity index (χ0v) is 16.7. The molecular weight excluding hydrogens is 350 g/mol. The fraction of sp³-hybridized carbons (Fsp3) is 0.526. The number of imidazole rings is 1. The predicted octanol–water partition coefficient (Wildman–Crippen LogP) is 3.42. The van der Waals surface area contributed by atoms with E-state index in [4.69, 9.17) is 9.47 Å². The van der Waals surface area contributed by atoms with Crippen molar-refractivity contribution in [1.82, 2.24) is 9.55 Å². The highest BCUT2D eigenvalue weighted by Crippen LogP contribution is 2.31. The maximum atomic E-state index is 12.2.